The van der Waals surface area contributed by atoms with Gasteiger partial charge in [0.25, 0.3) is 0 Å². The number of hydrogen-bond acceptors (Lipinski definition) is 3. The second kappa shape index (κ2) is 9.08. The topological polar surface area (TPSA) is 37.6 Å². The number of amides is 1. The van der Waals surface area contributed by atoms with Gasteiger partial charge in [-0.2, -0.15) is 0 Å². The molecule has 2 heterocycles. The second-order valence-electron chi connectivity index (χ2n) is 7.92. The number of imidazole rings is 1. The fraction of sp³-hybridized carbons (Fsp3) is 0.478. The standard InChI is InChI=1S/C23H28FN3OS/c1-2-13-26(22(28)18-6-4-3-5-7-18)14-12-20-16-29-23-25-21(15-27(20)23)17-8-10-19(24)11-9-17/h8-11,15-16,18H,2-7,12-14H2,1H3. The highest BCUT2D eigenvalue weighted by molar-refractivity contribution is 7.15. The molecule has 1 aliphatic carbocycles. The minimum atomic E-state index is -0.242. The Morgan fingerprint density at radius 2 is 1.97 bits per heavy atom. The van der Waals surface area contributed by atoms with Crippen molar-refractivity contribution in [3.05, 3.63) is 47.4 Å². The van der Waals surface area contributed by atoms with Crippen LogP contribution in [0.5, 0.6) is 0 Å². The van der Waals surface area contributed by atoms with E-state index in [1.165, 1.54) is 37.1 Å². The Kier molecular flexibility index (Phi) is 6.28. The number of thiazole rings is 1. The summed E-state index contributed by atoms with van der Waals surface area (Å²) in [5, 5.41) is 2.13. The number of hydrogen-bond donors (Lipinski definition) is 0. The van der Waals surface area contributed by atoms with Crippen LogP contribution >= 0.6 is 11.3 Å². The Morgan fingerprint density at radius 1 is 1.21 bits per heavy atom. The van der Waals surface area contributed by atoms with Crippen molar-refractivity contribution in [3.8, 4) is 11.3 Å². The highest BCUT2D eigenvalue weighted by atomic mass is 32.1. The molecule has 4 nitrogen and oxygen atoms in total. The van der Waals surface area contributed by atoms with Gasteiger partial charge in [-0.3, -0.25) is 9.20 Å². The van der Waals surface area contributed by atoms with E-state index in [9.17, 15) is 9.18 Å². The van der Waals surface area contributed by atoms with Crippen LogP contribution in [0.25, 0.3) is 16.2 Å². The molecule has 0 unspecified atom stereocenters. The average Bonchev–Trinajstić information content (AvgIpc) is 3.33. The number of halogens is 1. The molecule has 3 aromatic rings. The molecule has 1 amide bonds. The van der Waals surface area contributed by atoms with E-state index in [0.717, 1.165) is 55.0 Å². The molecule has 0 bridgehead atoms. The van der Waals surface area contributed by atoms with Gasteiger partial charge in [0.05, 0.1) is 5.69 Å². The van der Waals surface area contributed by atoms with Gasteiger partial charge < -0.3 is 4.90 Å². The fourth-order valence-electron chi connectivity index (χ4n) is 4.23. The van der Waals surface area contributed by atoms with Gasteiger partial charge in [-0.1, -0.05) is 26.2 Å². The lowest BCUT2D eigenvalue weighted by atomic mass is 9.88. The van der Waals surface area contributed by atoms with Crippen LogP contribution < -0.4 is 0 Å². The number of benzene rings is 1. The zero-order valence-electron chi connectivity index (χ0n) is 16.9. The monoisotopic (exact) mass is 413 g/mol. The Balaban J connectivity index is 1.47. The van der Waals surface area contributed by atoms with E-state index in [1.54, 1.807) is 23.5 Å². The molecule has 1 aliphatic rings. The quantitative estimate of drug-likeness (QED) is 0.508. The molecule has 2 aromatic heterocycles. The van der Waals surface area contributed by atoms with Crippen LogP contribution in [0.1, 0.15) is 51.1 Å². The van der Waals surface area contributed by atoms with Crippen molar-refractivity contribution >= 4 is 22.2 Å². The maximum atomic E-state index is 13.2. The van der Waals surface area contributed by atoms with Crippen molar-refractivity contribution in [2.75, 3.05) is 13.1 Å². The number of carbonyl (C=O) groups excluding carboxylic acids is 1. The summed E-state index contributed by atoms with van der Waals surface area (Å²) in [5.41, 5.74) is 2.93. The summed E-state index contributed by atoms with van der Waals surface area (Å²) in [6.45, 7) is 3.71. The van der Waals surface area contributed by atoms with Crippen LogP contribution in [0.3, 0.4) is 0 Å². The summed E-state index contributed by atoms with van der Waals surface area (Å²) in [4.78, 5) is 20.7. The van der Waals surface area contributed by atoms with Gasteiger partial charge in [-0.05, 0) is 43.5 Å². The van der Waals surface area contributed by atoms with Crippen LogP contribution in [0.15, 0.2) is 35.8 Å². The Morgan fingerprint density at radius 3 is 2.69 bits per heavy atom. The zero-order valence-corrected chi connectivity index (χ0v) is 17.8. The SMILES string of the molecule is CCCN(CCc1csc2nc(-c3ccc(F)cc3)cn12)C(=O)C1CCCCC1. The van der Waals surface area contributed by atoms with Crippen molar-refractivity contribution in [2.45, 2.75) is 51.9 Å². The Labute approximate surface area is 175 Å². The largest absolute Gasteiger partial charge is 0.342 e. The third kappa shape index (κ3) is 4.53. The summed E-state index contributed by atoms with van der Waals surface area (Å²) >= 11 is 1.61. The summed E-state index contributed by atoms with van der Waals surface area (Å²) in [6.07, 6.45) is 9.54. The molecule has 0 N–H and O–H groups in total. The van der Waals surface area contributed by atoms with E-state index in [4.69, 9.17) is 0 Å². The second-order valence-corrected chi connectivity index (χ2v) is 8.76. The molecular weight excluding hydrogens is 385 g/mol. The number of rotatable bonds is 7. The first kappa shape index (κ1) is 20.1. The summed E-state index contributed by atoms with van der Waals surface area (Å²) in [7, 11) is 0. The highest BCUT2D eigenvalue weighted by Gasteiger charge is 2.25. The zero-order chi connectivity index (χ0) is 20.2. The van der Waals surface area contributed by atoms with Gasteiger partial charge in [-0.25, -0.2) is 9.37 Å². The van der Waals surface area contributed by atoms with Gasteiger partial charge in [0, 0.05) is 48.3 Å². The first-order valence-electron chi connectivity index (χ1n) is 10.7. The molecule has 29 heavy (non-hydrogen) atoms. The molecule has 4 rings (SSSR count). The van der Waals surface area contributed by atoms with Crippen molar-refractivity contribution in [3.63, 3.8) is 0 Å². The number of carbonyl (C=O) groups is 1. The first-order chi connectivity index (χ1) is 14.2. The van der Waals surface area contributed by atoms with Crippen LogP contribution in [0.4, 0.5) is 4.39 Å². The molecule has 1 aromatic carbocycles. The molecule has 154 valence electrons. The Bertz CT molecular complexity index is 956. The van der Waals surface area contributed by atoms with Gasteiger partial charge in [0.15, 0.2) is 4.96 Å². The molecule has 0 radical (unpaired) electrons. The van der Waals surface area contributed by atoms with E-state index in [1.807, 2.05) is 6.20 Å². The lowest BCUT2D eigenvalue weighted by Crippen LogP contribution is -2.39. The van der Waals surface area contributed by atoms with Crippen molar-refractivity contribution < 1.29 is 9.18 Å². The third-order valence-electron chi connectivity index (χ3n) is 5.82. The minimum absolute atomic E-state index is 0.219. The Hall–Kier alpha value is -2.21. The molecule has 0 saturated heterocycles. The van der Waals surface area contributed by atoms with Gasteiger partial charge in [-0.15, -0.1) is 11.3 Å². The van der Waals surface area contributed by atoms with E-state index in [-0.39, 0.29) is 11.7 Å². The summed E-state index contributed by atoms with van der Waals surface area (Å²) < 4.78 is 15.3. The first-order valence-corrected chi connectivity index (χ1v) is 11.5. The highest BCUT2D eigenvalue weighted by Crippen LogP contribution is 2.27. The maximum Gasteiger partial charge on any atom is 0.225 e. The fourth-order valence-corrected chi connectivity index (χ4v) is 5.14. The summed E-state index contributed by atoms with van der Waals surface area (Å²) in [5.74, 6) is 0.320. The smallest absolute Gasteiger partial charge is 0.225 e. The predicted octanol–water partition coefficient (Wildman–Crippen LogP) is 5.56. The maximum absolute atomic E-state index is 13.2. The molecule has 0 atom stereocenters. The molecule has 0 spiro atoms. The van der Waals surface area contributed by atoms with Crippen LogP contribution in [0, 0.1) is 11.7 Å². The van der Waals surface area contributed by atoms with Crippen LogP contribution in [-0.2, 0) is 11.2 Å². The van der Waals surface area contributed by atoms with E-state index in [2.05, 4.69) is 26.6 Å². The van der Waals surface area contributed by atoms with E-state index < -0.39 is 0 Å². The molecular formula is C23H28FN3OS. The number of aromatic nitrogens is 2. The van der Waals surface area contributed by atoms with Crippen LogP contribution in [0.2, 0.25) is 0 Å². The van der Waals surface area contributed by atoms with E-state index in [0.29, 0.717) is 5.91 Å². The molecule has 1 saturated carbocycles. The van der Waals surface area contributed by atoms with Crippen molar-refractivity contribution in [2.24, 2.45) is 5.92 Å². The van der Waals surface area contributed by atoms with Crippen molar-refractivity contribution in [1.29, 1.82) is 0 Å². The van der Waals surface area contributed by atoms with E-state index >= 15 is 0 Å². The van der Waals surface area contributed by atoms with Gasteiger partial charge >= 0.3 is 0 Å². The number of fused-ring (bicyclic) bond motifs is 1. The van der Waals surface area contributed by atoms with Gasteiger partial charge in [0.2, 0.25) is 5.91 Å². The molecule has 6 heteroatoms. The predicted molar refractivity (Wildman–Crippen MR) is 116 cm³/mol. The summed E-state index contributed by atoms with van der Waals surface area (Å²) in [6, 6.07) is 6.44. The lowest BCUT2D eigenvalue weighted by Gasteiger charge is -2.29. The third-order valence-corrected chi connectivity index (χ3v) is 6.71. The van der Waals surface area contributed by atoms with Crippen LogP contribution in [-0.4, -0.2) is 33.3 Å². The minimum Gasteiger partial charge on any atom is -0.342 e. The normalized spacial score (nSPS) is 15.1. The molecule has 0 aliphatic heterocycles. The lowest BCUT2D eigenvalue weighted by molar-refractivity contribution is -0.136. The van der Waals surface area contributed by atoms with Crippen molar-refractivity contribution in [1.82, 2.24) is 14.3 Å². The molecule has 1 fully saturated rings. The van der Waals surface area contributed by atoms with Gasteiger partial charge in [0.1, 0.15) is 5.82 Å². The average molecular weight is 414 g/mol. The number of nitrogens with zero attached hydrogens (tertiary/aromatic N) is 3.